The number of hydrogen-bond donors (Lipinski definition) is 2. The van der Waals surface area contributed by atoms with Crippen molar-refractivity contribution in [1.82, 2.24) is 0 Å². The molecule has 0 heterocycles. The van der Waals surface area contributed by atoms with Crippen LogP contribution >= 0.6 is 0 Å². The van der Waals surface area contributed by atoms with E-state index < -0.39 is 10.0 Å². The predicted molar refractivity (Wildman–Crippen MR) is 114 cm³/mol. The predicted octanol–water partition coefficient (Wildman–Crippen LogP) is 4.53. The van der Waals surface area contributed by atoms with Gasteiger partial charge in [0.05, 0.1) is 11.0 Å². The van der Waals surface area contributed by atoms with Crippen LogP contribution in [0.15, 0.2) is 83.8 Å². The molecule has 150 valence electrons. The SMILES string of the molecule is CC(C)Oc1ccc(C(=O)Nc2ccc(S(=O)(=O)Nc3ccccc3)cc2)cc1. The number of amides is 1. The second-order valence-electron chi connectivity index (χ2n) is 6.64. The van der Waals surface area contributed by atoms with Crippen LogP contribution in [0.2, 0.25) is 0 Å². The molecule has 0 spiro atoms. The lowest BCUT2D eigenvalue weighted by atomic mass is 10.2. The number of hydrogen-bond acceptors (Lipinski definition) is 4. The van der Waals surface area contributed by atoms with E-state index in [2.05, 4.69) is 10.0 Å². The summed E-state index contributed by atoms with van der Waals surface area (Å²) in [6.07, 6.45) is 0.0563. The Labute approximate surface area is 170 Å². The van der Waals surface area contributed by atoms with Gasteiger partial charge in [0, 0.05) is 16.9 Å². The van der Waals surface area contributed by atoms with E-state index in [1.54, 1.807) is 66.7 Å². The van der Waals surface area contributed by atoms with Crippen LogP contribution in [-0.4, -0.2) is 20.4 Å². The average Bonchev–Trinajstić information content (AvgIpc) is 2.69. The second kappa shape index (κ2) is 8.79. The van der Waals surface area contributed by atoms with Gasteiger partial charge in [-0.2, -0.15) is 0 Å². The first-order chi connectivity index (χ1) is 13.8. The molecule has 0 radical (unpaired) electrons. The Kier molecular flexibility index (Phi) is 6.19. The van der Waals surface area contributed by atoms with Gasteiger partial charge in [-0.15, -0.1) is 0 Å². The van der Waals surface area contributed by atoms with Crippen LogP contribution in [-0.2, 0) is 10.0 Å². The molecule has 3 aromatic carbocycles. The zero-order chi connectivity index (χ0) is 20.9. The summed E-state index contributed by atoms with van der Waals surface area (Å²) in [7, 11) is -3.70. The summed E-state index contributed by atoms with van der Waals surface area (Å²) in [5.41, 5.74) is 1.45. The minimum atomic E-state index is -3.70. The van der Waals surface area contributed by atoms with E-state index in [4.69, 9.17) is 4.74 Å². The number of ether oxygens (including phenoxy) is 1. The Morgan fingerprint density at radius 1 is 0.828 bits per heavy atom. The van der Waals surface area contributed by atoms with Crippen LogP contribution in [0.4, 0.5) is 11.4 Å². The summed E-state index contributed by atoms with van der Waals surface area (Å²) in [4.78, 5) is 12.5. The molecule has 0 fully saturated rings. The summed E-state index contributed by atoms with van der Waals surface area (Å²) >= 11 is 0. The van der Waals surface area contributed by atoms with Gasteiger partial charge in [-0.1, -0.05) is 18.2 Å². The smallest absolute Gasteiger partial charge is 0.261 e. The van der Waals surface area contributed by atoms with Crippen molar-refractivity contribution < 1.29 is 17.9 Å². The van der Waals surface area contributed by atoms with Gasteiger partial charge in [0.1, 0.15) is 5.75 Å². The molecule has 7 heteroatoms. The van der Waals surface area contributed by atoms with Crippen molar-refractivity contribution in [2.75, 3.05) is 10.0 Å². The fraction of sp³-hybridized carbons (Fsp3) is 0.136. The zero-order valence-corrected chi connectivity index (χ0v) is 16.9. The zero-order valence-electron chi connectivity index (χ0n) is 16.1. The minimum absolute atomic E-state index is 0.0563. The molecule has 0 unspecified atom stereocenters. The van der Waals surface area contributed by atoms with Crippen LogP contribution in [0.1, 0.15) is 24.2 Å². The third kappa shape index (κ3) is 5.58. The van der Waals surface area contributed by atoms with E-state index in [9.17, 15) is 13.2 Å². The third-order valence-corrected chi connectivity index (χ3v) is 5.33. The van der Waals surface area contributed by atoms with Crippen LogP contribution < -0.4 is 14.8 Å². The number of nitrogens with one attached hydrogen (secondary N) is 2. The van der Waals surface area contributed by atoms with E-state index in [0.29, 0.717) is 22.7 Å². The normalized spacial score (nSPS) is 11.1. The van der Waals surface area contributed by atoms with E-state index in [0.717, 1.165) is 0 Å². The molecular formula is C22H22N2O4S. The average molecular weight is 410 g/mol. The molecule has 0 aliphatic rings. The molecule has 3 rings (SSSR count). The van der Waals surface area contributed by atoms with Crippen LogP contribution in [0.3, 0.4) is 0 Å². The van der Waals surface area contributed by atoms with Crippen LogP contribution in [0.25, 0.3) is 0 Å². The van der Waals surface area contributed by atoms with Crippen LogP contribution in [0.5, 0.6) is 5.75 Å². The lowest BCUT2D eigenvalue weighted by Gasteiger charge is -2.11. The largest absolute Gasteiger partial charge is 0.491 e. The van der Waals surface area contributed by atoms with E-state index in [1.807, 2.05) is 13.8 Å². The highest BCUT2D eigenvalue weighted by Gasteiger charge is 2.14. The van der Waals surface area contributed by atoms with Crippen molar-refractivity contribution >= 4 is 27.3 Å². The Morgan fingerprint density at radius 3 is 2.03 bits per heavy atom. The van der Waals surface area contributed by atoms with Crippen molar-refractivity contribution in [1.29, 1.82) is 0 Å². The Morgan fingerprint density at radius 2 is 1.45 bits per heavy atom. The number of carbonyl (C=O) groups is 1. The van der Waals surface area contributed by atoms with Crippen molar-refractivity contribution in [3.8, 4) is 5.75 Å². The number of rotatable bonds is 7. The van der Waals surface area contributed by atoms with Gasteiger partial charge < -0.3 is 10.1 Å². The number of carbonyl (C=O) groups excluding carboxylic acids is 1. The minimum Gasteiger partial charge on any atom is -0.491 e. The topological polar surface area (TPSA) is 84.5 Å². The number of sulfonamides is 1. The molecule has 3 aromatic rings. The molecule has 0 saturated heterocycles. The molecule has 0 bridgehead atoms. The molecule has 29 heavy (non-hydrogen) atoms. The maximum absolute atomic E-state index is 12.5. The standard InChI is InChI=1S/C22H22N2O4S/c1-16(2)28-20-12-8-17(9-13-20)22(25)23-18-10-14-21(15-11-18)29(26,27)24-19-6-4-3-5-7-19/h3-16,24H,1-2H3,(H,23,25). The first-order valence-corrected chi connectivity index (χ1v) is 10.6. The molecular weight excluding hydrogens is 388 g/mol. The van der Waals surface area contributed by atoms with Crippen molar-refractivity contribution in [3.63, 3.8) is 0 Å². The Balaban J connectivity index is 1.66. The monoisotopic (exact) mass is 410 g/mol. The lowest BCUT2D eigenvalue weighted by Crippen LogP contribution is -2.14. The molecule has 0 saturated carbocycles. The molecule has 0 aliphatic carbocycles. The highest BCUT2D eigenvalue weighted by Crippen LogP contribution is 2.19. The summed E-state index contributed by atoms with van der Waals surface area (Å²) in [6.45, 7) is 3.86. The molecule has 2 N–H and O–H groups in total. The fourth-order valence-corrected chi connectivity index (χ4v) is 3.66. The molecule has 0 aliphatic heterocycles. The first kappa shape index (κ1) is 20.4. The van der Waals surface area contributed by atoms with Gasteiger partial charge in [-0.05, 0) is 74.5 Å². The van der Waals surface area contributed by atoms with Gasteiger partial charge >= 0.3 is 0 Å². The van der Waals surface area contributed by atoms with Crippen molar-refractivity contribution in [2.45, 2.75) is 24.8 Å². The quantitative estimate of drug-likeness (QED) is 0.599. The summed E-state index contributed by atoms with van der Waals surface area (Å²) in [5, 5.41) is 2.75. The fourth-order valence-electron chi connectivity index (χ4n) is 2.60. The maximum atomic E-state index is 12.5. The summed E-state index contributed by atoms with van der Waals surface area (Å²) in [6, 6.07) is 21.5. The van der Waals surface area contributed by atoms with Gasteiger partial charge in [0.25, 0.3) is 15.9 Å². The summed E-state index contributed by atoms with van der Waals surface area (Å²) < 4.78 is 33.0. The van der Waals surface area contributed by atoms with Gasteiger partial charge in [0.15, 0.2) is 0 Å². The van der Waals surface area contributed by atoms with Crippen LogP contribution in [0, 0.1) is 0 Å². The Bertz CT molecular complexity index is 1060. The highest BCUT2D eigenvalue weighted by atomic mass is 32.2. The number of para-hydroxylation sites is 1. The van der Waals surface area contributed by atoms with Gasteiger partial charge in [-0.3, -0.25) is 9.52 Å². The van der Waals surface area contributed by atoms with Gasteiger partial charge in [0.2, 0.25) is 0 Å². The van der Waals surface area contributed by atoms with Gasteiger partial charge in [-0.25, -0.2) is 8.42 Å². The third-order valence-electron chi connectivity index (χ3n) is 3.94. The molecule has 1 amide bonds. The first-order valence-electron chi connectivity index (χ1n) is 9.09. The molecule has 6 nitrogen and oxygen atoms in total. The van der Waals surface area contributed by atoms with E-state index in [1.165, 1.54) is 12.1 Å². The number of benzene rings is 3. The number of anilines is 2. The Hall–Kier alpha value is -3.32. The van der Waals surface area contributed by atoms with E-state index in [-0.39, 0.29) is 16.9 Å². The summed E-state index contributed by atoms with van der Waals surface area (Å²) in [5.74, 6) is 0.399. The van der Waals surface area contributed by atoms with Crippen molar-refractivity contribution in [3.05, 3.63) is 84.4 Å². The second-order valence-corrected chi connectivity index (χ2v) is 8.32. The molecule has 0 aromatic heterocycles. The molecule has 0 atom stereocenters. The van der Waals surface area contributed by atoms with E-state index >= 15 is 0 Å². The highest BCUT2D eigenvalue weighted by molar-refractivity contribution is 7.92. The maximum Gasteiger partial charge on any atom is 0.261 e. The lowest BCUT2D eigenvalue weighted by molar-refractivity contribution is 0.102. The van der Waals surface area contributed by atoms with Crippen molar-refractivity contribution in [2.24, 2.45) is 0 Å².